The summed E-state index contributed by atoms with van der Waals surface area (Å²) in [5, 5.41) is 8.35. The number of nitrogens with zero attached hydrogens (tertiary/aromatic N) is 3. The number of carbonyl (C=O) groups excluding carboxylic acids is 2. The SMILES string of the molecule is Cc1ccc(-c2cc(C(=O)OCC(=O)N(C)Cc3ccsc3)c3c(C)noc3n2)cc1. The summed E-state index contributed by atoms with van der Waals surface area (Å²) in [5.41, 5.74) is 4.61. The normalized spacial score (nSPS) is 10.9. The van der Waals surface area contributed by atoms with Gasteiger partial charge in [-0.1, -0.05) is 35.0 Å². The van der Waals surface area contributed by atoms with Crippen LogP contribution in [-0.2, 0) is 16.1 Å². The first-order valence-electron chi connectivity index (χ1n) is 9.68. The van der Waals surface area contributed by atoms with E-state index in [-0.39, 0.29) is 23.8 Å². The van der Waals surface area contributed by atoms with E-state index in [1.165, 1.54) is 4.90 Å². The van der Waals surface area contributed by atoms with Gasteiger partial charge < -0.3 is 14.2 Å². The average Bonchev–Trinajstić information content (AvgIpc) is 3.41. The lowest BCUT2D eigenvalue weighted by Crippen LogP contribution is -2.30. The summed E-state index contributed by atoms with van der Waals surface area (Å²) < 4.78 is 10.7. The van der Waals surface area contributed by atoms with Crippen LogP contribution in [0.1, 0.15) is 27.2 Å². The minimum absolute atomic E-state index is 0.253. The first kappa shape index (κ1) is 20.7. The number of aryl methyl sites for hydroxylation is 2. The van der Waals surface area contributed by atoms with Crippen molar-refractivity contribution in [3.63, 3.8) is 0 Å². The topological polar surface area (TPSA) is 85.5 Å². The van der Waals surface area contributed by atoms with Crippen molar-refractivity contribution in [3.8, 4) is 11.3 Å². The summed E-state index contributed by atoms with van der Waals surface area (Å²) in [4.78, 5) is 31.3. The molecule has 0 bridgehead atoms. The predicted molar refractivity (Wildman–Crippen MR) is 118 cm³/mol. The largest absolute Gasteiger partial charge is 0.452 e. The molecule has 0 aliphatic rings. The molecule has 0 saturated carbocycles. The molecule has 0 saturated heterocycles. The van der Waals surface area contributed by atoms with Crippen molar-refractivity contribution in [1.29, 1.82) is 0 Å². The first-order valence-corrected chi connectivity index (χ1v) is 10.6. The molecule has 1 amide bonds. The van der Waals surface area contributed by atoms with Crippen LogP contribution in [0.3, 0.4) is 0 Å². The van der Waals surface area contributed by atoms with Crippen LogP contribution in [0.4, 0.5) is 0 Å². The average molecular weight is 436 g/mol. The minimum Gasteiger partial charge on any atom is -0.452 e. The highest BCUT2D eigenvalue weighted by atomic mass is 32.1. The van der Waals surface area contributed by atoms with E-state index < -0.39 is 5.97 Å². The van der Waals surface area contributed by atoms with E-state index >= 15 is 0 Å². The Hall–Kier alpha value is -3.52. The van der Waals surface area contributed by atoms with E-state index in [4.69, 9.17) is 9.26 Å². The fourth-order valence-corrected chi connectivity index (χ4v) is 3.85. The Morgan fingerprint density at radius 2 is 1.94 bits per heavy atom. The molecule has 8 heteroatoms. The van der Waals surface area contributed by atoms with Crippen LogP contribution in [-0.4, -0.2) is 40.6 Å². The van der Waals surface area contributed by atoms with Crippen molar-refractivity contribution in [3.05, 3.63) is 69.5 Å². The number of likely N-dealkylation sites (N-methyl/N-ethyl adjacent to an activating group) is 1. The second kappa shape index (κ2) is 8.69. The van der Waals surface area contributed by atoms with Gasteiger partial charge in [0.25, 0.3) is 11.6 Å². The molecule has 0 atom stereocenters. The number of thiophene rings is 1. The van der Waals surface area contributed by atoms with Crippen molar-refractivity contribution in [2.45, 2.75) is 20.4 Å². The lowest BCUT2D eigenvalue weighted by molar-refractivity contribution is -0.133. The van der Waals surface area contributed by atoms with Crippen LogP contribution >= 0.6 is 11.3 Å². The quantitative estimate of drug-likeness (QED) is 0.418. The molecular formula is C23H21N3O4S. The lowest BCUT2D eigenvalue weighted by atomic mass is 10.0. The van der Waals surface area contributed by atoms with E-state index in [2.05, 4.69) is 10.1 Å². The molecule has 0 N–H and O–H groups in total. The highest BCUT2D eigenvalue weighted by Gasteiger charge is 2.22. The Morgan fingerprint density at radius 1 is 1.16 bits per heavy atom. The van der Waals surface area contributed by atoms with Gasteiger partial charge in [-0.2, -0.15) is 11.3 Å². The molecule has 4 rings (SSSR count). The molecule has 158 valence electrons. The number of hydrogen-bond acceptors (Lipinski definition) is 7. The predicted octanol–water partition coefficient (Wildman–Crippen LogP) is 4.38. The van der Waals surface area contributed by atoms with E-state index in [9.17, 15) is 9.59 Å². The van der Waals surface area contributed by atoms with Gasteiger partial charge in [-0.05, 0) is 42.3 Å². The standard InChI is InChI=1S/C23H21N3O4S/c1-14-4-6-17(7-5-14)19-10-18(21-15(2)25-30-22(21)24-19)23(28)29-12-20(27)26(3)11-16-8-9-31-13-16/h4-10,13H,11-12H2,1-3H3. The van der Waals surface area contributed by atoms with Crippen molar-refractivity contribution < 1.29 is 18.8 Å². The second-order valence-electron chi connectivity index (χ2n) is 7.33. The molecular weight excluding hydrogens is 414 g/mol. The van der Waals surface area contributed by atoms with Gasteiger partial charge in [-0.3, -0.25) is 4.79 Å². The number of aromatic nitrogens is 2. The molecule has 0 fully saturated rings. The van der Waals surface area contributed by atoms with Gasteiger partial charge in [0, 0.05) is 19.2 Å². The van der Waals surface area contributed by atoms with Gasteiger partial charge in [0.15, 0.2) is 6.61 Å². The number of carbonyl (C=O) groups is 2. The Bertz CT molecular complexity index is 1230. The van der Waals surface area contributed by atoms with Crippen molar-refractivity contribution in [1.82, 2.24) is 15.0 Å². The van der Waals surface area contributed by atoms with Crippen LogP contribution in [0.2, 0.25) is 0 Å². The number of ether oxygens (including phenoxy) is 1. The molecule has 4 aromatic rings. The summed E-state index contributed by atoms with van der Waals surface area (Å²) in [6, 6.07) is 11.4. The van der Waals surface area contributed by atoms with E-state index in [1.807, 2.05) is 48.0 Å². The Labute approximate surface area is 183 Å². The smallest absolute Gasteiger partial charge is 0.339 e. The highest BCUT2D eigenvalue weighted by molar-refractivity contribution is 7.07. The molecule has 3 aromatic heterocycles. The molecule has 0 spiro atoms. The molecule has 0 radical (unpaired) electrons. The van der Waals surface area contributed by atoms with Crippen LogP contribution in [0.25, 0.3) is 22.4 Å². The van der Waals surface area contributed by atoms with Crippen molar-refractivity contribution in [2.24, 2.45) is 0 Å². The van der Waals surface area contributed by atoms with E-state index in [0.717, 1.165) is 16.7 Å². The monoisotopic (exact) mass is 435 g/mol. The molecule has 1 aromatic carbocycles. The van der Waals surface area contributed by atoms with Gasteiger partial charge in [0.2, 0.25) is 0 Å². The number of pyridine rings is 1. The first-order chi connectivity index (χ1) is 14.9. The zero-order chi connectivity index (χ0) is 22.0. The van der Waals surface area contributed by atoms with Crippen LogP contribution < -0.4 is 0 Å². The number of esters is 1. The maximum atomic E-state index is 12.9. The second-order valence-corrected chi connectivity index (χ2v) is 8.11. The number of rotatable bonds is 6. The number of benzene rings is 1. The molecule has 7 nitrogen and oxygen atoms in total. The Kier molecular flexibility index (Phi) is 5.81. The minimum atomic E-state index is -0.621. The molecule has 0 aliphatic carbocycles. The van der Waals surface area contributed by atoms with Crippen LogP contribution in [0.5, 0.6) is 0 Å². The third-order valence-corrected chi connectivity index (χ3v) is 5.67. The molecule has 0 unspecified atom stereocenters. The molecule has 0 aliphatic heterocycles. The fourth-order valence-electron chi connectivity index (χ4n) is 3.19. The zero-order valence-electron chi connectivity index (χ0n) is 17.4. The third-order valence-electron chi connectivity index (χ3n) is 4.94. The summed E-state index contributed by atoms with van der Waals surface area (Å²) in [6.45, 7) is 3.83. The van der Waals surface area contributed by atoms with Gasteiger partial charge in [-0.25, -0.2) is 9.78 Å². The maximum Gasteiger partial charge on any atom is 0.339 e. The van der Waals surface area contributed by atoms with Gasteiger partial charge in [0.1, 0.15) is 0 Å². The maximum absolute atomic E-state index is 12.9. The van der Waals surface area contributed by atoms with Gasteiger partial charge in [0.05, 0.1) is 22.3 Å². The summed E-state index contributed by atoms with van der Waals surface area (Å²) in [6.07, 6.45) is 0. The lowest BCUT2D eigenvalue weighted by Gasteiger charge is -2.16. The summed E-state index contributed by atoms with van der Waals surface area (Å²) >= 11 is 1.57. The number of fused-ring (bicyclic) bond motifs is 1. The van der Waals surface area contributed by atoms with Crippen LogP contribution in [0, 0.1) is 13.8 Å². The van der Waals surface area contributed by atoms with Crippen molar-refractivity contribution >= 4 is 34.3 Å². The zero-order valence-corrected chi connectivity index (χ0v) is 18.2. The van der Waals surface area contributed by atoms with E-state index in [0.29, 0.717) is 23.3 Å². The van der Waals surface area contributed by atoms with E-state index in [1.54, 1.807) is 31.4 Å². The Balaban J connectivity index is 1.56. The Morgan fingerprint density at radius 3 is 2.65 bits per heavy atom. The molecule has 31 heavy (non-hydrogen) atoms. The van der Waals surface area contributed by atoms with Gasteiger partial charge >= 0.3 is 5.97 Å². The molecule has 3 heterocycles. The van der Waals surface area contributed by atoms with Gasteiger partial charge in [-0.15, -0.1) is 0 Å². The van der Waals surface area contributed by atoms with Crippen LogP contribution in [0.15, 0.2) is 51.7 Å². The highest BCUT2D eigenvalue weighted by Crippen LogP contribution is 2.27. The number of amides is 1. The summed E-state index contributed by atoms with van der Waals surface area (Å²) in [5.74, 6) is -0.907. The van der Waals surface area contributed by atoms with Crippen molar-refractivity contribution in [2.75, 3.05) is 13.7 Å². The fraction of sp³-hybridized carbons (Fsp3) is 0.217. The number of hydrogen-bond donors (Lipinski definition) is 0. The third kappa shape index (κ3) is 4.49. The summed E-state index contributed by atoms with van der Waals surface area (Å²) in [7, 11) is 1.68.